The van der Waals surface area contributed by atoms with E-state index in [1.165, 1.54) is 17.5 Å². The van der Waals surface area contributed by atoms with Gasteiger partial charge in [-0.2, -0.15) is 0 Å². The minimum atomic E-state index is -2.00. The highest BCUT2D eigenvalue weighted by Crippen LogP contribution is 2.43. The number of nitrogens with zero attached hydrogens (tertiary/aromatic N) is 1. The highest BCUT2D eigenvalue weighted by molar-refractivity contribution is 8.16. The maximum atomic E-state index is 12.2. The number of amides is 1. The number of ether oxygens (including phenoxy) is 1. The van der Waals surface area contributed by atoms with Gasteiger partial charge >= 0.3 is 5.97 Å². The van der Waals surface area contributed by atoms with E-state index in [4.69, 9.17) is 9.16 Å². The third-order valence-electron chi connectivity index (χ3n) is 6.64. The third kappa shape index (κ3) is 10.4. The summed E-state index contributed by atoms with van der Waals surface area (Å²) in [7, 11) is 2.99. The van der Waals surface area contributed by atoms with Crippen molar-refractivity contribution >= 4 is 54.8 Å². The first-order valence-electron chi connectivity index (χ1n) is 14.0. The van der Waals surface area contributed by atoms with Crippen molar-refractivity contribution in [3.63, 3.8) is 0 Å². The van der Waals surface area contributed by atoms with E-state index in [9.17, 15) is 9.59 Å². The van der Waals surface area contributed by atoms with Crippen LogP contribution in [0.4, 0.5) is 0 Å². The number of hydrogen-bond acceptors (Lipinski definition) is 6. The molecular formula is C33H43NO4S2Si. The molecular weight excluding hydrogens is 567 g/mol. The number of carbonyl (C=O) groups is 2. The number of methoxy groups -OCH3 is 1. The second-order valence-corrected chi connectivity index (χ2v) is 16.3. The van der Waals surface area contributed by atoms with Crippen molar-refractivity contribution in [1.82, 2.24) is 4.90 Å². The number of hydrogen-bond donors (Lipinski definition) is 0. The average molecular weight is 610 g/mol. The van der Waals surface area contributed by atoms with Gasteiger partial charge in [0.15, 0.2) is 0 Å². The van der Waals surface area contributed by atoms with Crippen LogP contribution in [-0.2, 0) is 18.8 Å². The Bertz CT molecular complexity index is 1200. The van der Waals surface area contributed by atoms with Crippen LogP contribution in [0.2, 0.25) is 0 Å². The Hall–Kier alpha value is -2.52. The van der Waals surface area contributed by atoms with Gasteiger partial charge in [0.2, 0.25) is 14.9 Å². The first-order valence-corrected chi connectivity index (χ1v) is 17.7. The Morgan fingerprint density at radius 2 is 1.34 bits per heavy atom. The number of rotatable bonds is 14. The Morgan fingerprint density at radius 1 is 0.805 bits per heavy atom. The summed E-state index contributed by atoms with van der Waals surface area (Å²) in [5.74, 6) is 1.25. The number of esters is 1. The summed E-state index contributed by atoms with van der Waals surface area (Å²) in [5.41, 5.74) is 2.16. The molecule has 3 aromatic carbocycles. The van der Waals surface area contributed by atoms with Crippen LogP contribution in [0.15, 0.2) is 84.9 Å². The third-order valence-corrected chi connectivity index (χ3v) is 12.0. The summed E-state index contributed by atoms with van der Waals surface area (Å²) in [6, 6.07) is 29.8. The number of benzene rings is 3. The number of thioether (sulfide) groups is 2. The Kier molecular flexibility index (Phi) is 13.0. The zero-order valence-corrected chi connectivity index (χ0v) is 27.8. The molecule has 5 nitrogen and oxygen atoms in total. The van der Waals surface area contributed by atoms with Gasteiger partial charge < -0.3 is 14.1 Å². The average Bonchev–Trinajstić information content (AvgIpc) is 2.96. The molecule has 2 atom stereocenters. The van der Waals surface area contributed by atoms with Gasteiger partial charge in [-0.3, -0.25) is 9.59 Å². The van der Waals surface area contributed by atoms with Crippen LogP contribution in [0.3, 0.4) is 0 Å². The molecule has 220 valence electrons. The fourth-order valence-corrected chi connectivity index (χ4v) is 9.79. The van der Waals surface area contributed by atoms with Crippen LogP contribution in [-0.4, -0.2) is 58.5 Å². The van der Waals surface area contributed by atoms with Gasteiger partial charge in [-0.25, -0.2) is 0 Å². The summed E-state index contributed by atoms with van der Waals surface area (Å²) in [6.45, 7) is 6.70. The molecule has 0 N–H and O–H groups in total. The Balaban J connectivity index is 1.92. The molecule has 8 heteroatoms. The molecule has 0 saturated heterocycles. The molecule has 3 rings (SSSR count). The molecule has 0 bridgehead atoms. The zero-order chi connectivity index (χ0) is 29.8. The fraction of sp³-hybridized carbons (Fsp3) is 0.394. The molecule has 2 unspecified atom stereocenters. The van der Waals surface area contributed by atoms with E-state index >= 15 is 0 Å². The summed E-state index contributed by atoms with van der Waals surface area (Å²) >= 11 is 3.47. The number of carbonyl (C=O) groups excluding carboxylic acids is 2. The molecule has 0 spiro atoms. The maximum Gasteiger partial charge on any atom is 0.306 e. The molecule has 0 aromatic heterocycles. The molecule has 41 heavy (non-hydrogen) atoms. The minimum Gasteiger partial charge on any atom is -0.469 e. The van der Waals surface area contributed by atoms with Crippen LogP contribution in [0.5, 0.6) is 0 Å². The Morgan fingerprint density at radius 3 is 1.85 bits per heavy atom. The highest BCUT2D eigenvalue weighted by atomic mass is 32.2. The largest absolute Gasteiger partial charge is 0.469 e. The van der Waals surface area contributed by atoms with E-state index in [-0.39, 0.29) is 28.0 Å². The fourth-order valence-electron chi connectivity index (χ4n) is 4.46. The van der Waals surface area contributed by atoms with Gasteiger partial charge in [0.25, 0.3) is 0 Å². The molecule has 0 heterocycles. The summed E-state index contributed by atoms with van der Waals surface area (Å²) in [4.78, 5) is 25.6. The van der Waals surface area contributed by atoms with Crippen molar-refractivity contribution in [2.45, 2.75) is 44.3 Å². The second-order valence-electron chi connectivity index (χ2n) is 11.2. The summed E-state index contributed by atoms with van der Waals surface area (Å²) < 4.78 is 12.1. The van der Waals surface area contributed by atoms with Crippen molar-refractivity contribution in [1.29, 1.82) is 0 Å². The smallest absolute Gasteiger partial charge is 0.306 e. The molecule has 0 aliphatic rings. The van der Waals surface area contributed by atoms with Gasteiger partial charge in [0.05, 0.1) is 24.2 Å². The lowest BCUT2D eigenvalue weighted by Crippen LogP contribution is -2.47. The van der Waals surface area contributed by atoms with Crippen molar-refractivity contribution < 1.29 is 18.8 Å². The molecule has 0 saturated carbocycles. The van der Waals surface area contributed by atoms with Crippen molar-refractivity contribution in [3.8, 4) is 0 Å². The maximum absolute atomic E-state index is 12.2. The van der Waals surface area contributed by atoms with Gasteiger partial charge in [0.1, 0.15) is 0 Å². The van der Waals surface area contributed by atoms with Crippen molar-refractivity contribution in [3.05, 3.63) is 96.1 Å². The standard InChI is InChI=1S/C33H43NO4S2Si/c1-33(2,3)31(38-41(27-16-9-7-10-17-27)28-18-11-8-12-19-28)25-14-13-15-26(24-25)32(40-23-21-30(36)37-6)39-22-20-29(35)34(4)5/h7-19,24,31-32,41H,20-23H2,1-6H3. The minimum absolute atomic E-state index is 0.0754. The molecule has 0 aliphatic carbocycles. The summed E-state index contributed by atoms with van der Waals surface area (Å²) in [6.07, 6.45) is 0.699. The molecule has 0 aliphatic heterocycles. The summed E-state index contributed by atoms with van der Waals surface area (Å²) in [5, 5.41) is 2.50. The lowest BCUT2D eigenvalue weighted by atomic mass is 9.84. The lowest BCUT2D eigenvalue weighted by Gasteiger charge is -2.35. The van der Waals surface area contributed by atoms with E-state index in [2.05, 4.69) is 93.6 Å². The van der Waals surface area contributed by atoms with Crippen molar-refractivity contribution in [2.75, 3.05) is 32.7 Å². The van der Waals surface area contributed by atoms with E-state index < -0.39 is 9.04 Å². The van der Waals surface area contributed by atoms with Gasteiger partial charge in [-0.05, 0) is 26.9 Å². The van der Waals surface area contributed by atoms with E-state index in [1.54, 1.807) is 42.5 Å². The molecule has 0 fully saturated rings. The van der Waals surface area contributed by atoms with Crippen LogP contribution in [0.25, 0.3) is 0 Å². The molecule has 0 radical (unpaired) electrons. The first kappa shape index (κ1) is 33.0. The van der Waals surface area contributed by atoms with Crippen LogP contribution >= 0.6 is 23.5 Å². The van der Waals surface area contributed by atoms with Crippen LogP contribution in [0, 0.1) is 5.41 Å². The highest BCUT2D eigenvalue weighted by Gasteiger charge is 2.32. The van der Waals surface area contributed by atoms with Crippen LogP contribution < -0.4 is 10.4 Å². The van der Waals surface area contributed by atoms with Gasteiger partial charge in [0, 0.05) is 32.0 Å². The first-order chi connectivity index (χ1) is 19.6. The monoisotopic (exact) mass is 609 g/mol. The predicted molar refractivity (Wildman–Crippen MR) is 177 cm³/mol. The lowest BCUT2D eigenvalue weighted by molar-refractivity contribution is -0.140. The predicted octanol–water partition coefficient (Wildman–Crippen LogP) is 5.84. The Labute approximate surface area is 256 Å². The van der Waals surface area contributed by atoms with E-state index in [0.29, 0.717) is 24.3 Å². The van der Waals surface area contributed by atoms with Crippen LogP contribution in [0.1, 0.15) is 55.4 Å². The normalized spacial score (nSPS) is 13.0. The molecule has 1 amide bonds. The van der Waals surface area contributed by atoms with E-state index in [1.807, 2.05) is 12.1 Å². The van der Waals surface area contributed by atoms with E-state index in [0.717, 1.165) is 11.1 Å². The van der Waals surface area contributed by atoms with Gasteiger partial charge in [-0.1, -0.05) is 106 Å². The zero-order valence-electron chi connectivity index (χ0n) is 25.0. The second kappa shape index (κ2) is 16.2. The van der Waals surface area contributed by atoms with Gasteiger partial charge in [-0.15, -0.1) is 23.5 Å². The topological polar surface area (TPSA) is 55.8 Å². The SMILES string of the molecule is COC(=O)CCSC(SCCC(=O)N(C)C)c1cccc(C(O[SiH](c2ccccc2)c2ccccc2)C(C)(C)C)c1. The molecule has 3 aromatic rings. The van der Waals surface area contributed by atoms with Crippen molar-refractivity contribution in [2.24, 2.45) is 5.41 Å². The quantitative estimate of drug-likeness (QED) is 0.130.